The summed E-state index contributed by atoms with van der Waals surface area (Å²) < 4.78 is 43.3. The van der Waals surface area contributed by atoms with Crippen LogP contribution in [-0.2, 0) is 21.5 Å². The van der Waals surface area contributed by atoms with Gasteiger partial charge in [0, 0.05) is 18.5 Å². The second-order valence-electron chi connectivity index (χ2n) is 7.17. The molecule has 0 unspecified atom stereocenters. The summed E-state index contributed by atoms with van der Waals surface area (Å²) in [5.41, 5.74) is -0.552. The molecule has 1 aliphatic carbocycles. The number of nitrogens with zero attached hydrogens (tertiary/aromatic N) is 1. The number of carbonyl (C=O) groups excluding carboxylic acids is 1. The first-order valence-corrected chi connectivity index (χ1v) is 7.85. The quantitative estimate of drug-likeness (QED) is 0.917. The molecule has 4 nitrogen and oxygen atoms in total. The lowest BCUT2D eigenvalue weighted by Gasteiger charge is -2.36. The van der Waals surface area contributed by atoms with Crippen LogP contribution in [0.5, 0.6) is 5.75 Å². The van der Waals surface area contributed by atoms with E-state index in [1.807, 2.05) is 0 Å². The third kappa shape index (κ3) is 2.97. The standard InChI is InChI=1S/C17H20F3NO3/c1-15(2,17(18,19)20)24-9-14(23)21-8-11-3-4-12(22)7-13(11)16(10-21)5-6-16/h3-4,7,22H,5-6,8-10H2,1-2H3. The molecule has 1 amide bonds. The van der Waals surface area contributed by atoms with E-state index < -0.39 is 24.3 Å². The predicted octanol–water partition coefficient (Wildman–Crippen LogP) is 3.12. The van der Waals surface area contributed by atoms with Gasteiger partial charge in [-0.15, -0.1) is 0 Å². The second kappa shape index (κ2) is 5.37. The van der Waals surface area contributed by atoms with Gasteiger partial charge in [-0.2, -0.15) is 13.2 Å². The number of fused-ring (bicyclic) bond motifs is 2. The Morgan fingerprint density at radius 3 is 2.58 bits per heavy atom. The molecule has 0 saturated heterocycles. The molecule has 24 heavy (non-hydrogen) atoms. The van der Waals surface area contributed by atoms with E-state index in [1.54, 1.807) is 23.1 Å². The van der Waals surface area contributed by atoms with Crippen molar-refractivity contribution in [2.45, 2.75) is 50.4 Å². The summed E-state index contributed by atoms with van der Waals surface area (Å²) in [7, 11) is 0. The number of alkyl halides is 3. The Balaban J connectivity index is 1.71. The van der Waals surface area contributed by atoms with Gasteiger partial charge in [0.15, 0.2) is 5.60 Å². The molecule has 7 heteroatoms. The summed E-state index contributed by atoms with van der Waals surface area (Å²) in [6.45, 7) is 2.01. The first-order chi connectivity index (χ1) is 11.0. The number of aromatic hydroxyl groups is 1. The van der Waals surface area contributed by atoms with Crippen LogP contribution in [0.4, 0.5) is 13.2 Å². The van der Waals surface area contributed by atoms with Gasteiger partial charge < -0.3 is 14.7 Å². The van der Waals surface area contributed by atoms with Gasteiger partial charge in [0.1, 0.15) is 12.4 Å². The molecule has 0 aromatic heterocycles. The number of carbonyl (C=O) groups is 1. The largest absolute Gasteiger partial charge is 0.508 e. The minimum absolute atomic E-state index is 0.165. The van der Waals surface area contributed by atoms with Crippen molar-refractivity contribution < 1.29 is 27.8 Å². The SMILES string of the molecule is CC(C)(OCC(=O)N1Cc2ccc(O)cc2C2(CC2)C1)C(F)(F)F. The van der Waals surface area contributed by atoms with Crippen LogP contribution in [0, 0.1) is 0 Å². The Kier molecular flexibility index (Phi) is 3.82. The Morgan fingerprint density at radius 2 is 2.00 bits per heavy atom. The van der Waals surface area contributed by atoms with Crippen LogP contribution in [0.15, 0.2) is 18.2 Å². The summed E-state index contributed by atoms with van der Waals surface area (Å²) in [5.74, 6) is -0.257. The summed E-state index contributed by atoms with van der Waals surface area (Å²) in [6.07, 6.45) is -2.72. The zero-order valence-corrected chi connectivity index (χ0v) is 13.6. The smallest absolute Gasteiger partial charge is 0.416 e. The molecule has 1 heterocycles. The third-order valence-electron chi connectivity index (χ3n) is 4.96. The van der Waals surface area contributed by atoms with E-state index in [-0.39, 0.29) is 11.2 Å². The summed E-state index contributed by atoms with van der Waals surface area (Å²) in [5, 5.41) is 9.67. The lowest BCUT2D eigenvalue weighted by atomic mass is 9.86. The number of hydrogen-bond acceptors (Lipinski definition) is 3. The van der Waals surface area contributed by atoms with E-state index in [4.69, 9.17) is 4.74 Å². The monoisotopic (exact) mass is 343 g/mol. The van der Waals surface area contributed by atoms with E-state index in [0.717, 1.165) is 37.8 Å². The molecule has 1 aromatic rings. The first-order valence-electron chi connectivity index (χ1n) is 7.85. The fourth-order valence-corrected chi connectivity index (χ4v) is 3.08. The number of amides is 1. The molecule has 0 radical (unpaired) electrons. The van der Waals surface area contributed by atoms with Crippen molar-refractivity contribution in [1.82, 2.24) is 4.90 Å². The molecule has 1 saturated carbocycles. The summed E-state index contributed by atoms with van der Waals surface area (Å²) in [6, 6.07) is 5.06. The molecule has 3 rings (SSSR count). The van der Waals surface area contributed by atoms with Gasteiger partial charge >= 0.3 is 6.18 Å². The number of ether oxygens (including phenoxy) is 1. The van der Waals surface area contributed by atoms with Crippen LogP contribution >= 0.6 is 0 Å². The van der Waals surface area contributed by atoms with Gasteiger partial charge in [-0.25, -0.2) is 0 Å². The molecule has 2 aliphatic rings. The highest BCUT2D eigenvalue weighted by Crippen LogP contribution is 2.53. The van der Waals surface area contributed by atoms with Crippen molar-refractivity contribution in [1.29, 1.82) is 0 Å². The maximum atomic E-state index is 12.8. The fraction of sp³-hybridized carbons (Fsp3) is 0.588. The maximum Gasteiger partial charge on any atom is 0.416 e. The lowest BCUT2D eigenvalue weighted by molar-refractivity contribution is -0.262. The van der Waals surface area contributed by atoms with Crippen molar-refractivity contribution in [2.24, 2.45) is 0 Å². The average Bonchev–Trinajstić information content (AvgIpc) is 3.24. The van der Waals surface area contributed by atoms with Crippen LogP contribution in [0.25, 0.3) is 0 Å². The molecule has 1 spiro atoms. The van der Waals surface area contributed by atoms with Crippen LogP contribution in [-0.4, -0.2) is 40.8 Å². The van der Waals surface area contributed by atoms with E-state index in [2.05, 4.69) is 0 Å². The normalized spacial score (nSPS) is 19.3. The molecule has 1 aliphatic heterocycles. The number of rotatable bonds is 3. The Morgan fingerprint density at radius 1 is 1.33 bits per heavy atom. The van der Waals surface area contributed by atoms with Crippen molar-refractivity contribution in [3.05, 3.63) is 29.3 Å². The number of hydrogen-bond donors (Lipinski definition) is 1. The number of phenolic OH excluding ortho intramolecular Hbond substituents is 1. The van der Waals surface area contributed by atoms with Crippen LogP contribution in [0.2, 0.25) is 0 Å². The van der Waals surface area contributed by atoms with Gasteiger partial charge in [-0.3, -0.25) is 4.79 Å². The number of phenols is 1. The lowest BCUT2D eigenvalue weighted by Crippen LogP contribution is -2.47. The van der Waals surface area contributed by atoms with Crippen molar-refractivity contribution in [3.63, 3.8) is 0 Å². The zero-order chi connectivity index (χ0) is 17.8. The highest BCUT2D eigenvalue weighted by molar-refractivity contribution is 5.78. The highest BCUT2D eigenvalue weighted by atomic mass is 19.4. The van der Waals surface area contributed by atoms with Crippen molar-refractivity contribution >= 4 is 5.91 Å². The molecule has 132 valence electrons. The molecule has 0 atom stereocenters. The van der Waals surface area contributed by atoms with Gasteiger partial charge in [0.2, 0.25) is 5.91 Å². The molecular formula is C17H20F3NO3. The topological polar surface area (TPSA) is 49.8 Å². The van der Waals surface area contributed by atoms with E-state index in [1.165, 1.54) is 0 Å². The van der Waals surface area contributed by atoms with Gasteiger partial charge in [-0.05, 0) is 49.9 Å². The summed E-state index contributed by atoms with van der Waals surface area (Å²) in [4.78, 5) is 13.9. The fourth-order valence-electron chi connectivity index (χ4n) is 3.08. The van der Waals surface area contributed by atoms with Gasteiger partial charge in [0.25, 0.3) is 0 Å². The van der Waals surface area contributed by atoms with Gasteiger partial charge in [0.05, 0.1) is 0 Å². The van der Waals surface area contributed by atoms with Crippen LogP contribution in [0.1, 0.15) is 37.8 Å². The minimum atomic E-state index is -4.53. The molecule has 1 aromatic carbocycles. The zero-order valence-electron chi connectivity index (χ0n) is 13.6. The summed E-state index contributed by atoms with van der Waals surface area (Å²) >= 11 is 0. The average molecular weight is 343 g/mol. The van der Waals surface area contributed by atoms with E-state index >= 15 is 0 Å². The molecule has 1 N–H and O–H groups in total. The van der Waals surface area contributed by atoms with E-state index in [0.29, 0.717) is 13.1 Å². The Hall–Kier alpha value is -1.76. The molecule has 1 fully saturated rings. The van der Waals surface area contributed by atoms with E-state index in [9.17, 15) is 23.1 Å². The Bertz CT molecular complexity index is 666. The first kappa shape index (κ1) is 17.1. The number of benzene rings is 1. The number of halogens is 3. The molecule has 0 bridgehead atoms. The maximum absolute atomic E-state index is 12.8. The van der Waals surface area contributed by atoms with Crippen LogP contribution < -0.4 is 0 Å². The second-order valence-corrected chi connectivity index (χ2v) is 7.17. The van der Waals surface area contributed by atoms with Crippen molar-refractivity contribution in [2.75, 3.05) is 13.2 Å². The molecular weight excluding hydrogens is 323 g/mol. The third-order valence-corrected chi connectivity index (χ3v) is 4.96. The minimum Gasteiger partial charge on any atom is -0.508 e. The Labute approximate surface area is 138 Å². The van der Waals surface area contributed by atoms with Gasteiger partial charge in [-0.1, -0.05) is 6.07 Å². The highest BCUT2D eigenvalue weighted by Gasteiger charge is 2.51. The van der Waals surface area contributed by atoms with Crippen molar-refractivity contribution in [3.8, 4) is 5.75 Å². The van der Waals surface area contributed by atoms with Crippen LogP contribution in [0.3, 0.4) is 0 Å². The predicted molar refractivity (Wildman–Crippen MR) is 80.5 cm³/mol.